The van der Waals surface area contributed by atoms with Crippen molar-refractivity contribution in [2.45, 2.75) is 19.4 Å². The highest BCUT2D eigenvalue weighted by molar-refractivity contribution is 6.30. The molecule has 1 aliphatic rings. The van der Waals surface area contributed by atoms with Crippen LogP contribution in [0.25, 0.3) is 0 Å². The molecular formula is C19H17ClO5. The van der Waals surface area contributed by atoms with Gasteiger partial charge in [-0.25, -0.2) is 4.79 Å². The van der Waals surface area contributed by atoms with Gasteiger partial charge in [0.25, 0.3) is 0 Å². The van der Waals surface area contributed by atoms with Gasteiger partial charge in [-0.15, -0.1) is 0 Å². The number of ketones is 1. The van der Waals surface area contributed by atoms with Gasteiger partial charge in [-0.05, 0) is 56.3 Å². The van der Waals surface area contributed by atoms with Crippen LogP contribution in [0, 0.1) is 0 Å². The second kappa shape index (κ2) is 6.76. The fourth-order valence-corrected chi connectivity index (χ4v) is 2.61. The molecule has 0 bridgehead atoms. The fraction of sp³-hybridized carbons (Fsp3) is 0.263. The molecule has 1 unspecified atom stereocenters. The van der Waals surface area contributed by atoms with Crippen molar-refractivity contribution in [1.82, 2.24) is 0 Å². The molecule has 0 amide bonds. The number of carbonyl (C=O) groups excluding carboxylic acids is 2. The summed E-state index contributed by atoms with van der Waals surface area (Å²) in [4.78, 5) is 24.6. The smallest absolute Gasteiger partial charge is 0.353 e. The number of esters is 1. The van der Waals surface area contributed by atoms with Crippen LogP contribution in [-0.2, 0) is 9.53 Å². The topological polar surface area (TPSA) is 61.8 Å². The van der Waals surface area contributed by atoms with Crippen molar-refractivity contribution in [3.8, 4) is 11.5 Å². The number of rotatable bonds is 4. The lowest BCUT2D eigenvalue weighted by Crippen LogP contribution is -2.50. The van der Waals surface area contributed by atoms with E-state index in [1.54, 1.807) is 56.3 Å². The summed E-state index contributed by atoms with van der Waals surface area (Å²) < 4.78 is 16.4. The summed E-state index contributed by atoms with van der Waals surface area (Å²) in [5.41, 5.74) is -0.216. The Balaban J connectivity index is 1.83. The van der Waals surface area contributed by atoms with Gasteiger partial charge in [0.15, 0.2) is 17.3 Å². The first-order chi connectivity index (χ1) is 11.9. The molecule has 1 atom stereocenters. The molecule has 2 aromatic rings. The van der Waals surface area contributed by atoms with Gasteiger partial charge in [-0.3, -0.25) is 4.79 Å². The first kappa shape index (κ1) is 17.3. The van der Waals surface area contributed by atoms with E-state index in [1.165, 1.54) is 0 Å². The van der Waals surface area contributed by atoms with Crippen LogP contribution in [0.5, 0.6) is 11.5 Å². The highest BCUT2D eigenvalue weighted by atomic mass is 35.5. The van der Waals surface area contributed by atoms with Crippen molar-refractivity contribution in [2.24, 2.45) is 0 Å². The molecule has 0 saturated carbocycles. The van der Waals surface area contributed by atoms with Gasteiger partial charge in [-0.2, -0.15) is 0 Å². The minimum absolute atomic E-state index is 0.0113. The van der Waals surface area contributed by atoms with Crippen LogP contribution in [0.2, 0.25) is 5.02 Å². The van der Waals surface area contributed by atoms with E-state index < -0.39 is 11.6 Å². The van der Waals surface area contributed by atoms with Crippen LogP contribution in [0.4, 0.5) is 0 Å². The fourth-order valence-electron chi connectivity index (χ4n) is 2.49. The van der Waals surface area contributed by atoms with Crippen molar-refractivity contribution in [2.75, 3.05) is 13.2 Å². The van der Waals surface area contributed by atoms with Crippen LogP contribution in [0.15, 0.2) is 42.5 Å². The minimum atomic E-state index is -1.20. The lowest BCUT2D eigenvalue weighted by Gasteiger charge is -2.33. The van der Waals surface area contributed by atoms with Crippen molar-refractivity contribution in [3.05, 3.63) is 58.6 Å². The van der Waals surface area contributed by atoms with Gasteiger partial charge < -0.3 is 14.2 Å². The zero-order valence-corrected chi connectivity index (χ0v) is 14.6. The number of halogens is 1. The van der Waals surface area contributed by atoms with E-state index >= 15 is 0 Å². The standard InChI is InChI=1S/C19H17ClO5/c1-3-23-18(22)19(2)11-24-16-10-13(6-9-15(16)25-19)17(21)12-4-7-14(20)8-5-12/h4-10H,3,11H2,1-2H3. The summed E-state index contributed by atoms with van der Waals surface area (Å²) in [6.45, 7) is 3.62. The third kappa shape index (κ3) is 3.46. The number of fused-ring (bicyclic) bond motifs is 1. The van der Waals surface area contributed by atoms with Crippen LogP contribution in [0.3, 0.4) is 0 Å². The Hall–Kier alpha value is -2.53. The van der Waals surface area contributed by atoms with Gasteiger partial charge in [0.2, 0.25) is 5.60 Å². The predicted molar refractivity (Wildman–Crippen MR) is 92.5 cm³/mol. The van der Waals surface area contributed by atoms with E-state index in [4.69, 9.17) is 25.8 Å². The second-order valence-corrected chi connectivity index (χ2v) is 6.28. The maximum atomic E-state index is 12.6. The van der Waals surface area contributed by atoms with Crippen LogP contribution >= 0.6 is 11.6 Å². The third-order valence-corrected chi connectivity index (χ3v) is 4.11. The summed E-state index contributed by atoms with van der Waals surface area (Å²) in [6, 6.07) is 11.5. The zero-order valence-electron chi connectivity index (χ0n) is 13.9. The van der Waals surface area contributed by atoms with Crippen molar-refractivity contribution >= 4 is 23.4 Å². The molecule has 0 N–H and O–H groups in total. The Labute approximate surface area is 150 Å². The maximum absolute atomic E-state index is 12.6. The average Bonchev–Trinajstić information content (AvgIpc) is 2.61. The molecule has 3 rings (SSSR count). The molecule has 0 spiro atoms. The molecule has 130 valence electrons. The van der Waals surface area contributed by atoms with Gasteiger partial charge in [0, 0.05) is 16.1 Å². The summed E-state index contributed by atoms with van der Waals surface area (Å²) in [5, 5.41) is 0.567. The Morgan fingerprint density at radius 2 is 1.80 bits per heavy atom. The Morgan fingerprint density at radius 1 is 1.12 bits per heavy atom. The highest BCUT2D eigenvalue weighted by Gasteiger charge is 2.42. The molecule has 25 heavy (non-hydrogen) atoms. The third-order valence-electron chi connectivity index (χ3n) is 3.86. The maximum Gasteiger partial charge on any atom is 0.353 e. The molecular weight excluding hydrogens is 344 g/mol. The number of hydrogen-bond donors (Lipinski definition) is 0. The molecule has 0 saturated heterocycles. The number of carbonyl (C=O) groups is 2. The van der Waals surface area contributed by atoms with Gasteiger partial charge in [0.05, 0.1) is 6.61 Å². The SMILES string of the molecule is CCOC(=O)C1(C)COc2cc(C(=O)c3ccc(Cl)cc3)ccc2O1. The van der Waals surface area contributed by atoms with E-state index in [2.05, 4.69) is 0 Å². The summed E-state index contributed by atoms with van der Waals surface area (Å²) >= 11 is 5.85. The largest absolute Gasteiger partial charge is 0.485 e. The van der Waals surface area contributed by atoms with Crippen molar-refractivity contribution < 1.29 is 23.8 Å². The zero-order chi connectivity index (χ0) is 18.0. The Morgan fingerprint density at radius 3 is 2.48 bits per heavy atom. The second-order valence-electron chi connectivity index (χ2n) is 5.84. The molecule has 5 nitrogen and oxygen atoms in total. The lowest BCUT2D eigenvalue weighted by molar-refractivity contribution is -0.164. The molecule has 0 aromatic heterocycles. The van der Waals surface area contributed by atoms with Crippen molar-refractivity contribution in [3.63, 3.8) is 0 Å². The van der Waals surface area contributed by atoms with E-state index in [1.807, 2.05) is 0 Å². The van der Waals surface area contributed by atoms with Crippen LogP contribution in [-0.4, -0.2) is 30.6 Å². The summed E-state index contributed by atoms with van der Waals surface area (Å²) in [6.07, 6.45) is 0. The predicted octanol–water partition coefficient (Wildman–Crippen LogP) is 3.66. The molecule has 0 fully saturated rings. The summed E-state index contributed by atoms with van der Waals surface area (Å²) in [5.74, 6) is 0.180. The van der Waals surface area contributed by atoms with Crippen LogP contribution < -0.4 is 9.47 Å². The van der Waals surface area contributed by atoms with Gasteiger partial charge in [-0.1, -0.05) is 11.6 Å². The molecule has 1 aliphatic heterocycles. The van der Waals surface area contributed by atoms with Crippen LogP contribution in [0.1, 0.15) is 29.8 Å². The molecule has 1 heterocycles. The van der Waals surface area contributed by atoms with Crippen molar-refractivity contribution in [1.29, 1.82) is 0 Å². The molecule has 2 aromatic carbocycles. The summed E-state index contributed by atoms with van der Waals surface area (Å²) in [7, 11) is 0. The Kier molecular flexibility index (Phi) is 4.68. The monoisotopic (exact) mass is 360 g/mol. The first-order valence-electron chi connectivity index (χ1n) is 7.86. The Bertz CT molecular complexity index is 815. The molecule has 6 heteroatoms. The quantitative estimate of drug-likeness (QED) is 0.615. The normalized spacial score (nSPS) is 18.5. The highest BCUT2D eigenvalue weighted by Crippen LogP contribution is 2.37. The van der Waals surface area contributed by atoms with Gasteiger partial charge >= 0.3 is 5.97 Å². The van der Waals surface area contributed by atoms with E-state index in [9.17, 15) is 9.59 Å². The molecule has 0 radical (unpaired) electrons. The minimum Gasteiger partial charge on any atom is -0.485 e. The lowest BCUT2D eigenvalue weighted by atomic mass is 10.0. The first-order valence-corrected chi connectivity index (χ1v) is 8.24. The molecule has 0 aliphatic carbocycles. The number of hydrogen-bond acceptors (Lipinski definition) is 5. The van der Waals surface area contributed by atoms with E-state index in [0.29, 0.717) is 27.6 Å². The van der Waals surface area contributed by atoms with E-state index in [-0.39, 0.29) is 19.0 Å². The number of ether oxygens (including phenoxy) is 3. The van der Waals surface area contributed by atoms with E-state index in [0.717, 1.165) is 0 Å². The van der Waals surface area contributed by atoms with Gasteiger partial charge in [0.1, 0.15) is 6.61 Å². The average molecular weight is 361 g/mol. The number of benzene rings is 2.